The van der Waals surface area contributed by atoms with Crippen LogP contribution in [0.1, 0.15) is 43.1 Å². The van der Waals surface area contributed by atoms with Gasteiger partial charge in [-0.25, -0.2) is 0 Å². The van der Waals surface area contributed by atoms with E-state index in [1.54, 1.807) is 11.8 Å². The van der Waals surface area contributed by atoms with Crippen LogP contribution in [0.25, 0.3) is 0 Å². The Balaban J connectivity index is 1.95. The Labute approximate surface area is 135 Å². The van der Waals surface area contributed by atoms with Crippen LogP contribution in [0.4, 0.5) is 0 Å². The van der Waals surface area contributed by atoms with Crippen molar-refractivity contribution in [3.63, 3.8) is 0 Å². The fourth-order valence-electron chi connectivity index (χ4n) is 2.07. The molecule has 0 bridgehead atoms. The fraction of sp³-hybridized carbons (Fsp3) is 0.438. The summed E-state index contributed by atoms with van der Waals surface area (Å²) in [5, 5.41) is 9.15. The number of carbonyl (C=O) groups excluding carboxylic acids is 1. The van der Waals surface area contributed by atoms with Crippen molar-refractivity contribution in [2.45, 2.75) is 43.5 Å². The van der Waals surface area contributed by atoms with Gasteiger partial charge < -0.3 is 10.3 Å². The third-order valence-corrected chi connectivity index (χ3v) is 4.63. The summed E-state index contributed by atoms with van der Waals surface area (Å²) in [4.78, 5) is 10.8. The number of aromatic nitrogens is 3. The summed E-state index contributed by atoms with van der Waals surface area (Å²) in [6.45, 7) is 4.38. The summed E-state index contributed by atoms with van der Waals surface area (Å²) in [5.41, 5.74) is 7.77. The maximum absolute atomic E-state index is 10.8. The number of hydrogen-bond donors (Lipinski definition) is 1. The Hall–Kier alpha value is -1.82. The molecule has 0 aliphatic carbocycles. The summed E-state index contributed by atoms with van der Waals surface area (Å²) in [7, 11) is 1.92. The van der Waals surface area contributed by atoms with Gasteiger partial charge in [-0.1, -0.05) is 49.9 Å². The molecule has 2 aromatic rings. The van der Waals surface area contributed by atoms with Gasteiger partial charge >= 0.3 is 0 Å². The molecule has 0 radical (unpaired) electrons. The molecule has 2 rings (SSSR count). The molecular weight excluding hydrogens is 296 g/mol. The second-order valence-corrected chi connectivity index (χ2v) is 6.55. The summed E-state index contributed by atoms with van der Waals surface area (Å²) in [6.07, 6.45) is 0.829. The number of rotatable bonds is 7. The molecule has 1 aromatic carbocycles. The van der Waals surface area contributed by atoms with Crippen LogP contribution in [0.3, 0.4) is 0 Å². The van der Waals surface area contributed by atoms with Crippen LogP contribution >= 0.6 is 11.8 Å². The highest BCUT2D eigenvalue weighted by atomic mass is 32.2. The Morgan fingerprint density at radius 2 is 1.95 bits per heavy atom. The average Bonchev–Trinajstić information content (AvgIpc) is 2.84. The second kappa shape index (κ2) is 7.45. The summed E-state index contributed by atoms with van der Waals surface area (Å²) in [5.74, 6) is 1.87. The monoisotopic (exact) mass is 318 g/mol. The number of benzene rings is 1. The molecule has 0 atom stereocenters. The minimum absolute atomic E-state index is 0.299. The van der Waals surface area contributed by atoms with E-state index in [9.17, 15) is 4.79 Å². The zero-order valence-electron chi connectivity index (χ0n) is 13.2. The van der Waals surface area contributed by atoms with Gasteiger partial charge in [-0.15, -0.1) is 10.2 Å². The molecule has 0 fully saturated rings. The van der Waals surface area contributed by atoms with Gasteiger partial charge in [0.1, 0.15) is 5.82 Å². The third kappa shape index (κ3) is 4.34. The van der Waals surface area contributed by atoms with Crippen LogP contribution in [0.5, 0.6) is 0 Å². The summed E-state index contributed by atoms with van der Waals surface area (Å²) in [6, 6.07) is 8.67. The van der Waals surface area contributed by atoms with Gasteiger partial charge in [-0.05, 0) is 17.0 Å². The van der Waals surface area contributed by atoms with E-state index in [1.807, 2.05) is 11.6 Å². The zero-order valence-corrected chi connectivity index (χ0v) is 14.1. The molecule has 6 heteroatoms. The Kier molecular flexibility index (Phi) is 5.60. The number of carbonyl (C=O) groups is 1. The first-order valence-corrected chi connectivity index (χ1v) is 8.34. The minimum atomic E-state index is -0.317. The van der Waals surface area contributed by atoms with Crippen LogP contribution in [0.2, 0.25) is 0 Å². The van der Waals surface area contributed by atoms with Crippen molar-refractivity contribution in [3.05, 3.63) is 41.2 Å². The molecule has 0 saturated heterocycles. The topological polar surface area (TPSA) is 73.8 Å². The van der Waals surface area contributed by atoms with E-state index in [2.05, 4.69) is 48.3 Å². The molecule has 0 saturated carbocycles. The minimum Gasteiger partial charge on any atom is -0.370 e. The van der Waals surface area contributed by atoms with E-state index < -0.39 is 0 Å². The van der Waals surface area contributed by atoms with Crippen molar-refractivity contribution < 1.29 is 4.79 Å². The number of nitrogens with two attached hydrogens (primary N) is 1. The highest BCUT2D eigenvalue weighted by Gasteiger charge is 2.10. The quantitative estimate of drug-likeness (QED) is 0.797. The number of thioether (sulfide) groups is 1. The predicted octanol–water partition coefficient (Wildman–Crippen LogP) is 2.65. The fourth-order valence-corrected chi connectivity index (χ4v) is 2.96. The lowest BCUT2D eigenvalue weighted by atomic mass is 10.0. The van der Waals surface area contributed by atoms with Gasteiger partial charge in [0.05, 0.1) is 0 Å². The SMILES string of the molecule is CC(C)c1ccc(CSc2nnc(CCC(N)=O)n2C)cc1. The van der Waals surface area contributed by atoms with Gasteiger partial charge in [0.2, 0.25) is 5.91 Å². The molecule has 0 spiro atoms. The highest BCUT2D eigenvalue weighted by molar-refractivity contribution is 7.98. The maximum atomic E-state index is 10.8. The summed E-state index contributed by atoms with van der Waals surface area (Å²) >= 11 is 1.64. The third-order valence-electron chi connectivity index (χ3n) is 3.53. The smallest absolute Gasteiger partial charge is 0.217 e. The lowest BCUT2D eigenvalue weighted by Crippen LogP contribution is -2.12. The molecule has 0 unspecified atom stereocenters. The van der Waals surface area contributed by atoms with Gasteiger partial charge in [0, 0.05) is 25.6 Å². The summed E-state index contributed by atoms with van der Waals surface area (Å²) < 4.78 is 1.93. The standard InChI is InChI=1S/C16H22N4OS/c1-11(2)13-6-4-12(5-7-13)10-22-16-19-18-15(20(16)3)9-8-14(17)21/h4-7,11H,8-10H2,1-3H3,(H2,17,21). The van der Waals surface area contributed by atoms with Crippen LogP contribution in [-0.2, 0) is 24.0 Å². The first-order valence-electron chi connectivity index (χ1n) is 7.35. The van der Waals surface area contributed by atoms with E-state index >= 15 is 0 Å². The van der Waals surface area contributed by atoms with Gasteiger partial charge in [-0.2, -0.15) is 0 Å². The second-order valence-electron chi connectivity index (χ2n) is 5.61. The molecule has 118 valence electrons. The van der Waals surface area contributed by atoms with E-state index in [1.165, 1.54) is 11.1 Å². The van der Waals surface area contributed by atoms with E-state index in [0.29, 0.717) is 18.8 Å². The maximum Gasteiger partial charge on any atom is 0.217 e. The number of primary amides is 1. The van der Waals surface area contributed by atoms with Crippen molar-refractivity contribution in [1.82, 2.24) is 14.8 Å². The average molecular weight is 318 g/mol. The Bertz CT molecular complexity index is 634. The van der Waals surface area contributed by atoms with E-state index in [4.69, 9.17) is 5.73 Å². The lowest BCUT2D eigenvalue weighted by molar-refractivity contribution is -0.118. The van der Waals surface area contributed by atoms with E-state index in [-0.39, 0.29) is 5.91 Å². The number of hydrogen-bond acceptors (Lipinski definition) is 4. The molecule has 0 aliphatic rings. The Morgan fingerprint density at radius 1 is 1.27 bits per heavy atom. The van der Waals surface area contributed by atoms with Gasteiger partial charge in [0.25, 0.3) is 0 Å². The van der Waals surface area contributed by atoms with Crippen LogP contribution < -0.4 is 5.73 Å². The number of aryl methyl sites for hydroxylation is 1. The largest absolute Gasteiger partial charge is 0.370 e. The lowest BCUT2D eigenvalue weighted by Gasteiger charge is -2.07. The number of amides is 1. The van der Waals surface area contributed by atoms with Crippen LogP contribution in [-0.4, -0.2) is 20.7 Å². The van der Waals surface area contributed by atoms with Gasteiger partial charge in [-0.3, -0.25) is 4.79 Å². The normalized spacial score (nSPS) is 11.1. The first kappa shape index (κ1) is 16.5. The molecular formula is C16H22N4OS. The van der Waals surface area contributed by atoms with Crippen molar-refractivity contribution in [2.75, 3.05) is 0 Å². The van der Waals surface area contributed by atoms with Crippen molar-refractivity contribution in [3.8, 4) is 0 Å². The predicted molar refractivity (Wildman–Crippen MR) is 88.6 cm³/mol. The first-order chi connectivity index (χ1) is 10.5. The van der Waals surface area contributed by atoms with Crippen LogP contribution in [0.15, 0.2) is 29.4 Å². The van der Waals surface area contributed by atoms with Gasteiger partial charge in [0.15, 0.2) is 5.16 Å². The van der Waals surface area contributed by atoms with Crippen molar-refractivity contribution >= 4 is 17.7 Å². The van der Waals surface area contributed by atoms with Crippen molar-refractivity contribution in [1.29, 1.82) is 0 Å². The highest BCUT2D eigenvalue weighted by Crippen LogP contribution is 2.23. The van der Waals surface area contributed by atoms with Crippen molar-refractivity contribution in [2.24, 2.45) is 12.8 Å². The van der Waals surface area contributed by atoms with Crippen LogP contribution in [0, 0.1) is 0 Å². The molecule has 1 heterocycles. The molecule has 2 N–H and O–H groups in total. The molecule has 22 heavy (non-hydrogen) atoms. The molecule has 5 nitrogen and oxygen atoms in total. The Morgan fingerprint density at radius 3 is 2.55 bits per heavy atom. The number of nitrogens with zero attached hydrogens (tertiary/aromatic N) is 3. The molecule has 1 amide bonds. The zero-order chi connectivity index (χ0) is 16.1. The van der Waals surface area contributed by atoms with E-state index in [0.717, 1.165) is 16.7 Å². The molecule has 1 aromatic heterocycles. The molecule has 0 aliphatic heterocycles.